The molecule has 0 radical (unpaired) electrons. The van der Waals surface area contributed by atoms with Crippen LogP contribution in [-0.4, -0.2) is 14.8 Å². The maximum atomic E-state index is 4.37. The molecular formula is C9H11N3. The van der Waals surface area contributed by atoms with Gasteiger partial charge in [0.15, 0.2) is 0 Å². The smallest absolute Gasteiger partial charge is 0.114 e. The van der Waals surface area contributed by atoms with Crippen molar-refractivity contribution in [2.24, 2.45) is 7.05 Å². The van der Waals surface area contributed by atoms with Gasteiger partial charge in [0, 0.05) is 12.7 Å². The van der Waals surface area contributed by atoms with E-state index in [1.807, 2.05) is 20.2 Å². The van der Waals surface area contributed by atoms with Crippen molar-refractivity contribution >= 4 is 11.0 Å². The van der Waals surface area contributed by atoms with Crippen LogP contribution in [0.25, 0.3) is 11.0 Å². The third-order valence-corrected chi connectivity index (χ3v) is 1.91. The third-order valence-electron chi connectivity index (χ3n) is 1.91. The van der Waals surface area contributed by atoms with E-state index >= 15 is 0 Å². The van der Waals surface area contributed by atoms with Gasteiger partial charge in [0.2, 0.25) is 0 Å². The van der Waals surface area contributed by atoms with E-state index < -0.39 is 0 Å². The van der Waals surface area contributed by atoms with Gasteiger partial charge >= 0.3 is 0 Å². The zero-order valence-electron chi connectivity index (χ0n) is 7.50. The molecule has 0 bridgehead atoms. The number of nitrogens with zero attached hydrogens (tertiary/aromatic N) is 3. The fraction of sp³-hybridized carbons (Fsp3) is 0.333. The van der Waals surface area contributed by atoms with Crippen molar-refractivity contribution in [2.45, 2.75) is 13.8 Å². The number of pyridine rings is 1. The second-order valence-electron chi connectivity index (χ2n) is 3.12. The zero-order valence-corrected chi connectivity index (χ0v) is 7.50. The molecule has 0 aromatic carbocycles. The van der Waals surface area contributed by atoms with E-state index in [9.17, 15) is 0 Å². The lowest BCUT2D eigenvalue weighted by Crippen LogP contribution is -1.86. The predicted octanol–water partition coefficient (Wildman–Crippen LogP) is 1.59. The van der Waals surface area contributed by atoms with E-state index in [-0.39, 0.29) is 0 Å². The summed E-state index contributed by atoms with van der Waals surface area (Å²) in [7, 11) is 1.91. The Labute approximate surface area is 71.0 Å². The molecule has 0 amide bonds. The molecule has 0 N–H and O–H groups in total. The molecule has 0 saturated carbocycles. The molecule has 3 heteroatoms. The Bertz CT molecular complexity index is 429. The van der Waals surface area contributed by atoms with Gasteiger partial charge in [-0.15, -0.1) is 0 Å². The van der Waals surface area contributed by atoms with Crippen molar-refractivity contribution < 1.29 is 0 Å². The lowest BCUT2D eigenvalue weighted by Gasteiger charge is -1.94. The summed E-state index contributed by atoms with van der Waals surface area (Å²) in [6, 6.07) is 2.05. The van der Waals surface area contributed by atoms with E-state index in [2.05, 4.69) is 23.1 Å². The molecule has 0 fully saturated rings. The van der Waals surface area contributed by atoms with Crippen LogP contribution in [0.5, 0.6) is 0 Å². The molecule has 0 aliphatic rings. The maximum Gasteiger partial charge on any atom is 0.114 e. The van der Waals surface area contributed by atoms with Crippen LogP contribution in [0, 0.1) is 13.8 Å². The maximum absolute atomic E-state index is 4.37. The van der Waals surface area contributed by atoms with Crippen LogP contribution in [0.15, 0.2) is 12.3 Å². The molecule has 12 heavy (non-hydrogen) atoms. The van der Waals surface area contributed by atoms with Gasteiger partial charge in [-0.2, -0.15) is 5.10 Å². The summed E-state index contributed by atoms with van der Waals surface area (Å²) < 4.78 is 1.80. The van der Waals surface area contributed by atoms with Crippen LogP contribution >= 0.6 is 0 Å². The predicted molar refractivity (Wildman–Crippen MR) is 48.0 cm³/mol. The monoisotopic (exact) mass is 161 g/mol. The second kappa shape index (κ2) is 2.30. The number of fused-ring (bicyclic) bond motifs is 1. The van der Waals surface area contributed by atoms with E-state index in [1.165, 1.54) is 5.56 Å². The second-order valence-corrected chi connectivity index (χ2v) is 3.12. The average molecular weight is 161 g/mol. The van der Waals surface area contributed by atoms with Crippen LogP contribution in [-0.2, 0) is 7.05 Å². The largest absolute Gasteiger partial charge is 0.273 e. The van der Waals surface area contributed by atoms with Crippen molar-refractivity contribution in [1.82, 2.24) is 14.8 Å². The van der Waals surface area contributed by atoms with Gasteiger partial charge in [-0.3, -0.25) is 4.68 Å². The molecule has 0 aliphatic carbocycles. The molecule has 2 aromatic rings. The molecule has 2 heterocycles. The van der Waals surface area contributed by atoms with Gasteiger partial charge in [-0.25, -0.2) is 4.98 Å². The Balaban J connectivity index is 2.88. The summed E-state index contributed by atoms with van der Waals surface area (Å²) in [5.74, 6) is 0. The third kappa shape index (κ3) is 0.978. The minimum absolute atomic E-state index is 0.981. The van der Waals surface area contributed by atoms with Crippen molar-refractivity contribution in [1.29, 1.82) is 0 Å². The molecule has 0 atom stereocenters. The summed E-state index contributed by atoms with van der Waals surface area (Å²) in [6.07, 6.45) is 1.94. The first-order valence-electron chi connectivity index (χ1n) is 3.94. The highest BCUT2D eigenvalue weighted by Crippen LogP contribution is 2.14. The number of rotatable bonds is 0. The number of hydrogen-bond acceptors (Lipinski definition) is 2. The average Bonchev–Trinajstić information content (AvgIpc) is 2.29. The minimum Gasteiger partial charge on any atom is -0.273 e. The van der Waals surface area contributed by atoms with E-state index in [1.54, 1.807) is 4.68 Å². The molecule has 0 spiro atoms. The van der Waals surface area contributed by atoms with Gasteiger partial charge in [0.05, 0.1) is 6.20 Å². The summed E-state index contributed by atoms with van der Waals surface area (Å²) in [5, 5.41) is 4.31. The van der Waals surface area contributed by atoms with Crippen LogP contribution in [0.1, 0.15) is 11.3 Å². The van der Waals surface area contributed by atoms with Crippen LogP contribution in [0.2, 0.25) is 0 Å². The Morgan fingerprint density at radius 1 is 1.33 bits per heavy atom. The fourth-order valence-electron chi connectivity index (χ4n) is 1.44. The van der Waals surface area contributed by atoms with E-state index in [4.69, 9.17) is 0 Å². The summed E-state index contributed by atoms with van der Waals surface area (Å²) in [4.78, 5) is 4.37. The number of aryl methyl sites for hydroxylation is 3. The highest BCUT2D eigenvalue weighted by atomic mass is 15.3. The molecular weight excluding hydrogens is 150 g/mol. The molecule has 0 saturated heterocycles. The summed E-state index contributed by atoms with van der Waals surface area (Å²) >= 11 is 0. The highest BCUT2D eigenvalue weighted by molar-refractivity contribution is 5.77. The van der Waals surface area contributed by atoms with Gasteiger partial charge in [0.25, 0.3) is 0 Å². The van der Waals surface area contributed by atoms with Gasteiger partial charge < -0.3 is 0 Å². The van der Waals surface area contributed by atoms with Crippen molar-refractivity contribution in [3.05, 3.63) is 23.5 Å². The van der Waals surface area contributed by atoms with Crippen LogP contribution in [0.3, 0.4) is 0 Å². The SMILES string of the molecule is Cc1cc(C)c2nn(C)cc2n1. The highest BCUT2D eigenvalue weighted by Gasteiger charge is 2.03. The first-order valence-corrected chi connectivity index (χ1v) is 3.94. The molecule has 0 unspecified atom stereocenters. The molecule has 3 nitrogen and oxygen atoms in total. The van der Waals surface area contributed by atoms with Crippen molar-refractivity contribution in [3.8, 4) is 0 Å². The lowest BCUT2D eigenvalue weighted by molar-refractivity contribution is 0.778. The van der Waals surface area contributed by atoms with Crippen molar-refractivity contribution in [2.75, 3.05) is 0 Å². The Morgan fingerprint density at radius 2 is 2.08 bits per heavy atom. The fourth-order valence-corrected chi connectivity index (χ4v) is 1.44. The van der Waals surface area contributed by atoms with E-state index in [0.717, 1.165) is 16.7 Å². The summed E-state index contributed by atoms with van der Waals surface area (Å²) in [5.41, 5.74) is 4.23. The number of aromatic nitrogens is 3. The molecule has 62 valence electrons. The van der Waals surface area contributed by atoms with Gasteiger partial charge in [-0.1, -0.05) is 0 Å². The Hall–Kier alpha value is -1.38. The number of hydrogen-bond donors (Lipinski definition) is 0. The van der Waals surface area contributed by atoms with Crippen LogP contribution in [0.4, 0.5) is 0 Å². The first kappa shape index (κ1) is 7.28. The standard InChI is InChI=1S/C9H11N3/c1-6-4-7(2)10-8-5-12(3)11-9(6)8/h4-5H,1-3H3. The quantitative estimate of drug-likeness (QED) is 0.587. The van der Waals surface area contributed by atoms with Crippen molar-refractivity contribution in [3.63, 3.8) is 0 Å². The zero-order chi connectivity index (χ0) is 8.72. The normalized spacial score (nSPS) is 10.9. The lowest BCUT2D eigenvalue weighted by atomic mass is 10.2. The first-order chi connectivity index (χ1) is 5.66. The minimum atomic E-state index is 0.981. The van der Waals surface area contributed by atoms with E-state index in [0.29, 0.717) is 0 Å². The Kier molecular flexibility index (Phi) is 1.40. The van der Waals surface area contributed by atoms with Crippen LogP contribution < -0.4 is 0 Å². The molecule has 2 rings (SSSR count). The molecule has 0 aliphatic heterocycles. The Morgan fingerprint density at radius 3 is 2.83 bits per heavy atom. The molecule has 2 aromatic heterocycles. The summed E-state index contributed by atoms with van der Waals surface area (Å²) in [6.45, 7) is 4.06. The topological polar surface area (TPSA) is 30.7 Å². The van der Waals surface area contributed by atoms with Gasteiger partial charge in [0.1, 0.15) is 11.0 Å². The van der Waals surface area contributed by atoms with Gasteiger partial charge in [-0.05, 0) is 25.5 Å².